The summed E-state index contributed by atoms with van der Waals surface area (Å²) in [5.41, 5.74) is 5.01. The molecule has 0 aliphatic heterocycles. The first-order valence-corrected chi connectivity index (χ1v) is 4.22. The minimum Gasteiger partial charge on any atom is -0.465 e. The predicted molar refractivity (Wildman–Crippen MR) is 52.1 cm³/mol. The fourth-order valence-electron chi connectivity index (χ4n) is 0.910. The Hall–Kier alpha value is -1.79. The van der Waals surface area contributed by atoms with E-state index in [-0.39, 0.29) is 12.3 Å². The zero-order valence-corrected chi connectivity index (χ0v) is 8.93. The van der Waals surface area contributed by atoms with Gasteiger partial charge < -0.3 is 15.7 Å². The van der Waals surface area contributed by atoms with Gasteiger partial charge in [0, 0.05) is 21.1 Å². The van der Waals surface area contributed by atoms with Crippen molar-refractivity contribution < 1.29 is 19.5 Å². The van der Waals surface area contributed by atoms with E-state index in [1.165, 1.54) is 26.0 Å². The van der Waals surface area contributed by atoms with Gasteiger partial charge in [-0.2, -0.15) is 0 Å². The van der Waals surface area contributed by atoms with Gasteiger partial charge in [-0.25, -0.2) is 4.79 Å². The molecule has 0 heterocycles. The maximum Gasteiger partial charge on any atom is 0.407 e. The first-order chi connectivity index (χ1) is 6.77. The van der Waals surface area contributed by atoms with Gasteiger partial charge in [-0.15, -0.1) is 0 Å². The third-order valence-electron chi connectivity index (χ3n) is 1.96. The molecule has 0 radical (unpaired) electrons. The maximum absolute atomic E-state index is 11.3. The van der Waals surface area contributed by atoms with Crippen LogP contribution in [-0.4, -0.2) is 60.0 Å². The van der Waals surface area contributed by atoms with Gasteiger partial charge >= 0.3 is 6.09 Å². The van der Waals surface area contributed by atoms with Gasteiger partial charge in [-0.05, 0) is 0 Å². The topological polar surface area (TPSA) is 104 Å². The maximum atomic E-state index is 11.3. The summed E-state index contributed by atoms with van der Waals surface area (Å²) in [4.78, 5) is 34.8. The first-order valence-electron chi connectivity index (χ1n) is 4.22. The van der Waals surface area contributed by atoms with Crippen molar-refractivity contribution in [3.8, 4) is 0 Å². The highest BCUT2D eigenvalue weighted by atomic mass is 16.4. The molecule has 0 fully saturated rings. The van der Waals surface area contributed by atoms with Crippen molar-refractivity contribution in [1.82, 2.24) is 9.80 Å². The number of nitrogens with zero attached hydrogens (tertiary/aromatic N) is 2. The highest BCUT2D eigenvalue weighted by Crippen LogP contribution is 2.03. The monoisotopic (exact) mass is 217 g/mol. The summed E-state index contributed by atoms with van der Waals surface area (Å²) in [6.07, 6.45) is -1.55. The zero-order chi connectivity index (χ0) is 12.2. The number of carbonyl (C=O) groups excluding carboxylic acids is 2. The van der Waals surface area contributed by atoms with Crippen LogP contribution >= 0.6 is 0 Å². The lowest BCUT2D eigenvalue weighted by Crippen LogP contribution is -2.47. The second kappa shape index (κ2) is 5.18. The number of amides is 3. The van der Waals surface area contributed by atoms with Crippen molar-refractivity contribution in [2.45, 2.75) is 12.5 Å². The van der Waals surface area contributed by atoms with Crippen LogP contribution < -0.4 is 5.73 Å². The summed E-state index contributed by atoms with van der Waals surface area (Å²) < 4.78 is 0. The fourth-order valence-corrected chi connectivity index (χ4v) is 0.910. The summed E-state index contributed by atoms with van der Waals surface area (Å²) >= 11 is 0. The Bertz CT molecular complexity index is 277. The molecular formula is C8H15N3O4. The molecule has 7 heteroatoms. The Morgan fingerprint density at radius 1 is 1.27 bits per heavy atom. The summed E-state index contributed by atoms with van der Waals surface area (Å²) in [5.74, 6) is -1.19. The molecule has 15 heavy (non-hydrogen) atoms. The van der Waals surface area contributed by atoms with Crippen molar-refractivity contribution in [3.05, 3.63) is 0 Å². The summed E-state index contributed by atoms with van der Waals surface area (Å²) in [6, 6.07) is -1.13. The molecule has 0 saturated heterocycles. The van der Waals surface area contributed by atoms with E-state index in [1.54, 1.807) is 0 Å². The lowest BCUT2D eigenvalue weighted by atomic mass is 10.1. The second-order valence-corrected chi connectivity index (χ2v) is 3.30. The SMILES string of the molecule is CN(C)C(=O)C[C@@H](C(N)=O)N(C)C(=O)O. The van der Waals surface area contributed by atoms with Crippen LogP contribution in [0.3, 0.4) is 0 Å². The van der Waals surface area contributed by atoms with E-state index in [0.717, 1.165) is 4.90 Å². The Kier molecular flexibility index (Phi) is 4.56. The molecule has 0 rings (SSSR count). The number of carbonyl (C=O) groups is 3. The normalized spacial score (nSPS) is 11.7. The quantitative estimate of drug-likeness (QED) is 0.625. The Morgan fingerprint density at radius 2 is 1.73 bits per heavy atom. The Labute approximate surface area is 87.4 Å². The molecule has 0 aromatic carbocycles. The van der Waals surface area contributed by atoms with Crippen LogP contribution in [0.15, 0.2) is 0 Å². The minimum atomic E-state index is -1.30. The van der Waals surface area contributed by atoms with Crippen LogP contribution in [0.25, 0.3) is 0 Å². The minimum absolute atomic E-state index is 0.245. The average Bonchev–Trinajstić information content (AvgIpc) is 2.11. The zero-order valence-electron chi connectivity index (χ0n) is 8.93. The van der Waals surface area contributed by atoms with Crippen LogP contribution in [0.4, 0.5) is 4.79 Å². The van der Waals surface area contributed by atoms with Crippen molar-refractivity contribution in [3.63, 3.8) is 0 Å². The van der Waals surface area contributed by atoms with Gasteiger partial charge in [0.25, 0.3) is 0 Å². The van der Waals surface area contributed by atoms with Gasteiger partial charge in [-0.3, -0.25) is 14.5 Å². The van der Waals surface area contributed by atoms with Crippen LogP contribution in [-0.2, 0) is 9.59 Å². The number of rotatable bonds is 4. The smallest absolute Gasteiger partial charge is 0.407 e. The van der Waals surface area contributed by atoms with E-state index in [9.17, 15) is 14.4 Å². The molecule has 3 N–H and O–H groups in total. The van der Waals surface area contributed by atoms with E-state index >= 15 is 0 Å². The molecule has 0 bridgehead atoms. The number of likely N-dealkylation sites (N-methyl/N-ethyl adjacent to an activating group) is 1. The molecule has 0 unspecified atom stereocenters. The van der Waals surface area contributed by atoms with Gasteiger partial charge in [0.15, 0.2) is 0 Å². The van der Waals surface area contributed by atoms with Crippen LogP contribution in [0.5, 0.6) is 0 Å². The number of carboxylic acid groups (broad SMARTS) is 1. The van der Waals surface area contributed by atoms with E-state index in [2.05, 4.69) is 0 Å². The molecule has 0 saturated carbocycles. The number of hydrogen-bond donors (Lipinski definition) is 2. The van der Waals surface area contributed by atoms with E-state index < -0.39 is 18.0 Å². The Balaban J connectivity index is 4.62. The van der Waals surface area contributed by atoms with Crippen LogP contribution in [0.2, 0.25) is 0 Å². The molecule has 0 aromatic rings. The molecule has 0 aromatic heterocycles. The highest BCUT2D eigenvalue weighted by Gasteiger charge is 2.27. The second-order valence-electron chi connectivity index (χ2n) is 3.30. The van der Waals surface area contributed by atoms with Gasteiger partial charge in [0.2, 0.25) is 11.8 Å². The van der Waals surface area contributed by atoms with Crippen LogP contribution in [0.1, 0.15) is 6.42 Å². The molecule has 0 spiro atoms. The van der Waals surface area contributed by atoms with Gasteiger partial charge in [0.1, 0.15) is 6.04 Å². The van der Waals surface area contributed by atoms with Crippen molar-refractivity contribution in [2.75, 3.05) is 21.1 Å². The van der Waals surface area contributed by atoms with E-state index in [0.29, 0.717) is 0 Å². The lowest BCUT2D eigenvalue weighted by molar-refractivity contribution is -0.133. The van der Waals surface area contributed by atoms with E-state index in [1.807, 2.05) is 0 Å². The van der Waals surface area contributed by atoms with Crippen molar-refractivity contribution in [2.24, 2.45) is 5.73 Å². The summed E-state index contributed by atoms with van der Waals surface area (Å²) in [6.45, 7) is 0. The predicted octanol–water partition coefficient (Wildman–Crippen LogP) is -1.07. The largest absolute Gasteiger partial charge is 0.465 e. The van der Waals surface area contributed by atoms with Crippen LogP contribution in [0, 0.1) is 0 Å². The average molecular weight is 217 g/mol. The van der Waals surface area contributed by atoms with E-state index in [4.69, 9.17) is 10.8 Å². The van der Waals surface area contributed by atoms with Crippen molar-refractivity contribution in [1.29, 1.82) is 0 Å². The lowest BCUT2D eigenvalue weighted by Gasteiger charge is -2.23. The molecule has 86 valence electrons. The highest BCUT2D eigenvalue weighted by molar-refractivity contribution is 5.89. The Morgan fingerprint density at radius 3 is 2.00 bits per heavy atom. The van der Waals surface area contributed by atoms with Crippen molar-refractivity contribution >= 4 is 17.9 Å². The third-order valence-corrected chi connectivity index (χ3v) is 1.96. The third kappa shape index (κ3) is 3.84. The summed E-state index contributed by atoms with van der Waals surface area (Å²) in [5, 5.41) is 8.65. The molecule has 1 atom stereocenters. The molecule has 0 aliphatic carbocycles. The number of hydrogen-bond acceptors (Lipinski definition) is 3. The standard InChI is InChI=1S/C8H15N3O4/c1-10(2)6(12)4-5(7(9)13)11(3)8(14)15/h5H,4H2,1-3H3,(H2,9,13)(H,14,15)/t5-/m0/s1. The molecule has 7 nitrogen and oxygen atoms in total. The van der Waals surface area contributed by atoms with Gasteiger partial charge in [-0.1, -0.05) is 0 Å². The first kappa shape index (κ1) is 13.2. The molecule has 0 aliphatic rings. The molecular weight excluding hydrogens is 202 g/mol. The van der Waals surface area contributed by atoms with Gasteiger partial charge in [0.05, 0.1) is 6.42 Å². The summed E-state index contributed by atoms with van der Waals surface area (Å²) in [7, 11) is 4.23. The fraction of sp³-hybridized carbons (Fsp3) is 0.625. The number of primary amides is 1. The molecule has 3 amide bonds. The number of nitrogens with two attached hydrogens (primary N) is 1.